The topological polar surface area (TPSA) is 80.9 Å². The van der Waals surface area contributed by atoms with E-state index in [0.29, 0.717) is 0 Å². The van der Waals surface area contributed by atoms with Gasteiger partial charge < -0.3 is 9.55 Å². The molecule has 0 spiro atoms. The zero-order valence-electron chi connectivity index (χ0n) is 12.8. The summed E-state index contributed by atoms with van der Waals surface area (Å²) in [5.41, 5.74) is 4.56. The lowest BCUT2D eigenvalue weighted by Gasteiger charge is -2.03. The molecule has 2 aromatic carbocycles. The van der Waals surface area contributed by atoms with Crippen LogP contribution in [-0.4, -0.2) is 14.5 Å². The summed E-state index contributed by atoms with van der Waals surface area (Å²) in [7, 11) is 1.95. The number of aromatic amines is 1. The standard InChI is InChI=1S/C18H13N3O3/c1-20-15-8-9-17(22)19-18(15)14-7-4-12(10-16(14)20)11-2-5-13(6-3-11)21(23)24/h2-10H,1H3,(H,19,22). The first-order valence-electron chi connectivity index (χ1n) is 7.41. The van der Waals surface area contributed by atoms with Crippen molar-refractivity contribution < 1.29 is 4.92 Å². The molecule has 0 saturated heterocycles. The number of nitro groups is 1. The predicted molar refractivity (Wildman–Crippen MR) is 93.1 cm³/mol. The van der Waals surface area contributed by atoms with Gasteiger partial charge in [0.2, 0.25) is 5.56 Å². The van der Waals surface area contributed by atoms with Crippen molar-refractivity contribution in [1.29, 1.82) is 0 Å². The Hall–Kier alpha value is -3.41. The molecule has 0 radical (unpaired) electrons. The van der Waals surface area contributed by atoms with Crippen LogP contribution in [0.1, 0.15) is 0 Å². The Bertz CT molecular complexity index is 1150. The molecule has 0 saturated carbocycles. The monoisotopic (exact) mass is 319 g/mol. The summed E-state index contributed by atoms with van der Waals surface area (Å²) in [6, 6.07) is 15.7. The Morgan fingerprint density at radius 3 is 2.38 bits per heavy atom. The van der Waals surface area contributed by atoms with Crippen LogP contribution in [0.3, 0.4) is 0 Å². The lowest BCUT2D eigenvalue weighted by atomic mass is 10.0. The van der Waals surface area contributed by atoms with Gasteiger partial charge in [-0.25, -0.2) is 0 Å². The summed E-state index contributed by atoms with van der Waals surface area (Å²) in [6.07, 6.45) is 0. The van der Waals surface area contributed by atoms with Crippen molar-refractivity contribution in [3.8, 4) is 11.1 Å². The van der Waals surface area contributed by atoms with E-state index in [1.165, 1.54) is 18.2 Å². The molecular formula is C18H13N3O3. The Labute approximate surface area is 136 Å². The van der Waals surface area contributed by atoms with Crippen LogP contribution in [0, 0.1) is 10.1 Å². The Kier molecular flexibility index (Phi) is 2.99. The molecule has 0 atom stereocenters. The number of rotatable bonds is 2. The van der Waals surface area contributed by atoms with E-state index >= 15 is 0 Å². The summed E-state index contributed by atoms with van der Waals surface area (Å²) in [6.45, 7) is 0. The van der Waals surface area contributed by atoms with Crippen molar-refractivity contribution >= 4 is 27.6 Å². The molecule has 4 rings (SSSR count). The van der Waals surface area contributed by atoms with Gasteiger partial charge in [0, 0.05) is 30.6 Å². The number of hydrogen-bond acceptors (Lipinski definition) is 3. The molecule has 0 aliphatic carbocycles. The van der Waals surface area contributed by atoms with E-state index in [9.17, 15) is 14.9 Å². The van der Waals surface area contributed by atoms with Gasteiger partial charge in [-0.3, -0.25) is 14.9 Å². The molecule has 24 heavy (non-hydrogen) atoms. The zero-order chi connectivity index (χ0) is 16.8. The molecule has 0 aliphatic heterocycles. The van der Waals surface area contributed by atoms with Crippen molar-refractivity contribution in [1.82, 2.24) is 9.55 Å². The molecule has 4 aromatic rings. The molecule has 0 amide bonds. The number of non-ortho nitro benzene ring substituents is 1. The van der Waals surface area contributed by atoms with Crippen LogP contribution < -0.4 is 5.56 Å². The van der Waals surface area contributed by atoms with Crippen molar-refractivity contribution in [2.24, 2.45) is 7.05 Å². The van der Waals surface area contributed by atoms with Crippen LogP contribution in [0.5, 0.6) is 0 Å². The summed E-state index contributed by atoms with van der Waals surface area (Å²) < 4.78 is 2.02. The highest BCUT2D eigenvalue weighted by atomic mass is 16.6. The van der Waals surface area contributed by atoms with Gasteiger partial charge in [-0.1, -0.05) is 12.1 Å². The van der Waals surface area contributed by atoms with Gasteiger partial charge in [-0.05, 0) is 35.4 Å². The second kappa shape index (κ2) is 5.06. The second-order valence-electron chi connectivity index (χ2n) is 5.68. The predicted octanol–water partition coefficient (Wildman–Crippen LogP) is 3.60. The normalized spacial score (nSPS) is 11.2. The average molecular weight is 319 g/mol. The first-order valence-corrected chi connectivity index (χ1v) is 7.41. The molecule has 6 nitrogen and oxygen atoms in total. The van der Waals surface area contributed by atoms with Gasteiger partial charge in [-0.2, -0.15) is 0 Å². The van der Waals surface area contributed by atoms with Gasteiger partial charge >= 0.3 is 0 Å². The highest BCUT2D eigenvalue weighted by Gasteiger charge is 2.11. The third kappa shape index (κ3) is 2.08. The number of nitrogens with one attached hydrogen (secondary N) is 1. The Morgan fingerprint density at radius 2 is 1.67 bits per heavy atom. The Balaban J connectivity index is 1.92. The van der Waals surface area contributed by atoms with E-state index in [1.807, 2.05) is 29.8 Å². The molecule has 118 valence electrons. The third-order valence-electron chi connectivity index (χ3n) is 4.30. The number of nitrogens with zero attached hydrogens (tertiary/aromatic N) is 2. The zero-order valence-corrected chi connectivity index (χ0v) is 12.8. The number of H-pyrrole nitrogens is 1. The van der Waals surface area contributed by atoms with Crippen LogP contribution in [-0.2, 0) is 7.05 Å². The lowest BCUT2D eigenvalue weighted by molar-refractivity contribution is -0.384. The van der Waals surface area contributed by atoms with E-state index in [1.54, 1.807) is 18.2 Å². The minimum Gasteiger partial charge on any atom is -0.342 e. The maximum atomic E-state index is 11.6. The first-order chi connectivity index (χ1) is 11.5. The van der Waals surface area contributed by atoms with Crippen LogP contribution in [0.15, 0.2) is 59.4 Å². The maximum Gasteiger partial charge on any atom is 0.269 e. The number of hydrogen-bond donors (Lipinski definition) is 1. The smallest absolute Gasteiger partial charge is 0.269 e. The first kappa shape index (κ1) is 14.2. The maximum absolute atomic E-state index is 11.6. The molecular weight excluding hydrogens is 306 g/mol. The van der Waals surface area contributed by atoms with Crippen LogP contribution in [0.2, 0.25) is 0 Å². The molecule has 1 N–H and O–H groups in total. The van der Waals surface area contributed by atoms with E-state index in [2.05, 4.69) is 4.98 Å². The SMILES string of the molecule is Cn1c2cc(-c3ccc([N+](=O)[O-])cc3)ccc2c2[nH]c(=O)ccc21. The summed E-state index contributed by atoms with van der Waals surface area (Å²) in [5.74, 6) is 0. The fourth-order valence-electron chi connectivity index (χ4n) is 3.06. The fourth-order valence-corrected chi connectivity index (χ4v) is 3.06. The van der Waals surface area contributed by atoms with Gasteiger partial charge in [0.1, 0.15) is 0 Å². The molecule has 2 heterocycles. The molecule has 6 heteroatoms. The quantitative estimate of drug-likeness (QED) is 0.453. The number of aromatic nitrogens is 2. The minimum atomic E-state index is -0.409. The average Bonchev–Trinajstić information content (AvgIpc) is 2.87. The summed E-state index contributed by atoms with van der Waals surface area (Å²) in [4.78, 5) is 24.8. The molecule has 0 bridgehead atoms. The lowest BCUT2D eigenvalue weighted by Crippen LogP contribution is -2.02. The van der Waals surface area contributed by atoms with Crippen molar-refractivity contribution in [2.75, 3.05) is 0 Å². The highest BCUT2D eigenvalue weighted by Crippen LogP contribution is 2.30. The van der Waals surface area contributed by atoms with Crippen LogP contribution in [0.4, 0.5) is 5.69 Å². The Morgan fingerprint density at radius 1 is 0.958 bits per heavy atom. The van der Waals surface area contributed by atoms with Crippen molar-refractivity contribution in [3.63, 3.8) is 0 Å². The van der Waals surface area contributed by atoms with Gasteiger partial charge in [0.25, 0.3) is 5.69 Å². The van der Waals surface area contributed by atoms with Crippen LogP contribution in [0.25, 0.3) is 33.1 Å². The number of benzene rings is 2. The van der Waals surface area contributed by atoms with E-state index < -0.39 is 4.92 Å². The third-order valence-corrected chi connectivity index (χ3v) is 4.30. The highest BCUT2D eigenvalue weighted by molar-refractivity contribution is 6.06. The number of aryl methyl sites for hydroxylation is 1. The number of fused-ring (bicyclic) bond motifs is 3. The van der Waals surface area contributed by atoms with Crippen molar-refractivity contribution in [2.45, 2.75) is 0 Å². The molecule has 0 aliphatic rings. The molecule has 0 fully saturated rings. The second-order valence-corrected chi connectivity index (χ2v) is 5.68. The van der Waals surface area contributed by atoms with Crippen LogP contribution >= 0.6 is 0 Å². The van der Waals surface area contributed by atoms with E-state index in [0.717, 1.165) is 33.1 Å². The summed E-state index contributed by atoms with van der Waals surface area (Å²) >= 11 is 0. The number of nitro benzene ring substituents is 1. The van der Waals surface area contributed by atoms with E-state index in [4.69, 9.17) is 0 Å². The van der Waals surface area contributed by atoms with Gasteiger partial charge in [-0.15, -0.1) is 0 Å². The van der Waals surface area contributed by atoms with Crippen molar-refractivity contribution in [3.05, 3.63) is 75.1 Å². The van der Waals surface area contributed by atoms with Gasteiger partial charge in [0.05, 0.1) is 21.5 Å². The molecule has 2 aromatic heterocycles. The van der Waals surface area contributed by atoms with E-state index in [-0.39, 0.29) is 11.2 Å². The largest absolute Gasteiger partial charge is 0.342 e. The number of pyridine rings is 1. The summed E-state index contributed by atoms with van der Waals surface area (Å²) in [5, 5.41) is 11.7. The fraction of sp³-hybridized carbons (Fsp3) is 0.0556. The van der Waals surface area contributed by atoms with Gasteiger partial charge in [0.15, 0.2) is 0 Å². The molecule has 0 unspecified atom stereocenters. The minimum absolute atomic E-state index is 0.0713.